The third-order valence-corrected chi connectivity index (χ3v) is 9.88. The largest absolute Gasteiger partial charge is 0.496 e. The molecule has 170 valence electrons. The van der Waals surface area contributed by atoms with Crippen LogP contribution in [0.2, 0.25) is 0 Å². The normalized spacial score (nSPS) is 31.6. The SMILES string of the molecule is COc1ccc(C23CC4CC(CC(C4)C2)C3)cc1/C=C1/SC(=S)N(c2ccc(Br)cc2)C1=O. The quantitative estimate of drug-likeness (QED) is 0.300. The van der Waals surface area contributed by atoms with Crippen LogP contribution < -0.4 is 9.64 Å². The lowest BCUT2D eigenvalue weighted by Crippen LogP contribution is -2.48. The van der Waals surface area contributed by atoms with E-state index in [0.717, 1.165) is 39.2 Å². The van der Waals surface area contributed by atoms with E-state index < -0.39 is 0 Å². The van der Waals surface area contributed by atoms with Gasteiger partial charge in [0.1, 0.15) is 5.75 Å². The van der Waals surface area contributed by atoms with Gasteiger partial charge in [-0.15, -0.1) is 0 Å². The number of halogens is 1. The van der Waals surface area contributed by atoms with E-state index in [1.54, 1.807) is 12.0 Å². The highest BCUT2D eigenvalue weighted by atomic mass is 79.9. The number of thiocarbonyl (C=S) groups is 1. The van der Waals surface area contributed by atoms with E-state index in [1.807, 2.05) is 30.3 Å². The molecule has 0 atom stereocenters. The smallest absolute Gasteiger partial charge is 0.270 e. The van der Waals surface area contributed by atoms with Crippen molar-refractivity contribution in [3.05, 3.63) is 63.0 Å². The molecular weight excluding hydrogens is 514 g/mol. The maximum Gasteiger partial charge on any atom is 0.270 e. The predicted molar refractivity (Wildman–Crippen MR) is 143 cm³/mol. The third kappa shape index (κ3) is 3.78. The summed E-state index contributed by atoms with van der Waals surface area (Å²) >= 11 is 10.4. The van der Waals surface area contributed by atoms with E-state index in [1.165, 1.54) is 55.9 Å². The van der Waals surface area contributed by atoms with Gasteiger partial charge in [-0.3, -0.25) is 9.69 Å². The molecule has 1 aliphatic heterocycles. The second-order valence-corrected chi connectivity index (χ2v) is 12.7. The molecule has 4 aliphatic carbocycles. The number of hydrogen-bond donors (Lipinski definition) is 0. The van der Waals surface area contributed by atoms with Crippen LogP contribution in [-0.2, 0) is 10.2 Å². The number of hydrogen-bond acceptors (Lipinski definition) is 4. The Hall–Kier alpha value is -1.63. The van der Waals surface area contributed by atoms with Gasteiger partial charge in [-0.25, -0.2) is 0 Å². The molecule has 4 bridgehead atoms. The number of nitrogens with zero attached hydrogens (tertiary/aromatic N) is 1. The molecule has 1 amide bonds. The van der Waals surface area contributed by atoms with Gasteiger partial charge in [-0.05, 0) is 110 Å². The summed E-state index contributed by atoms with van der Waals surface area (Å²) in [6.45, 7) is 0. The molecule has 5 fully saturated rings. The number of carbonyl (C=O) groups excluding carboxylic acids is 1. The number of benzene rings is 2. The molecule has 0 aromatic heterocycles. The fourth-order valence-electron chi connectivity index (χ4n) is 7.06. The summed E-state index contributed by atoms with van der Waals surface area (Å²) in [5.74, 6) is 3.41. The molecule has 1 saturated heterocycles. The topological polar surface area (TPSA) is 29.5 Å². The van der Waals surface area contributed by atoms with Crippen LogP contribution in [0.15, 0.2) is 51.8 Å². The standard InChI is InChI=1S/C27H26BrNO2S2/c1-31-23-7-2-20(27-13-16-8-17(14-27)10-18(9-16)15-27)11-19(23)12-24-25(30)29(26(32)33-24)22-5-3-21(28)4-6-22/h2-7,11-12,16-18H,8-10,13-15H2,1H3/b24-12+. The summed E-state index contributed by atoms with van der Waals surface area (Å²) in [4.78, 5) is 15.6. The molecule has 5 aliphatic rings. The number of thioether (sulfide) groups is 1. The Balaban J connectivity index is 1.35. The fraction of sp³-hybridized carbons (Fsp3) is 0.407. The van der Waals surface area contributed by atoms with Gasteiger partial charge in [-0.2, -0.15) is 0 Å². The Morgan fingerprint density at radius 1 is 1.06 bits per heavy atom. The minimum atomic E-state index is -0.0745. The molecule has 4 saturated carbocycles. The summed E-state index contributed by atoms with van der Waals surface area (Å²) in [6.07, 6.45) is 10.2. The van der Waals surface area contributed by atoms with E-state index in [2.05, 4.69) is 34.1 Å². The third-order valence-electron chi connectivity index (χ3n) is 8.05. The van der Waals surface area contributed by atoms with Crippen molar-refractivity contribution < 1.29 is 9.53 Å². The van der Waals surface area contributed by atoms with Gasteiger partial charge < -0.3 is 4.74 Å². The number of ether oxygens (including phenoxy) is 1. The lowest BCUT2D eigenvalue weighted by Gasteiger charge is -2.57. The first-order valence-corrected chi connectivity index (χ1v) is 13.7. The first-order valence-electron chi connectivity index (χ1n) is 11.7. The van der Waals surface area contributed by atoms with E-state index >= 15 is 0 Å². The first-order chi connectivity index (χ1) is 15.9. The van der Waals surface area contributed by atoms with Gasteiger partial charge in [0.25, 0.3) is 5.91 Å². The van der Waals surface area contributed by atoms with Gasteiger partial charge in [0.15, 0.2) is 4.32 Å². The van der Waals surface area contributed by atoms with Crippen molar-refractivity contribution in [3.8, 4) is 5.75 Å². The van der Waals surface area contributed by atoms with Crippen LogP contribution in [0.25, 0.3) is 6.08 Å². The van der Waals surface area contributed by atoms with Crippen LogP contribution in [0.3, 0.4) is 0 Å². The van der Waals surface area contributed by atoms with E-state index in [-0.39, 0.29) is 5.91 Å². The van der Waals surface area contributed by atoms with Crippen molar-refractivity contribution in [2.45, 2.75) is 43.9 Å². The summed E-state index contributed by atoms with van der Waals surface area (Å²) in [5.41, 5.74) is 3.50. The maximum atomic E-state index is 13.3. The molecule has 0 radical (unpaired) electrons. The molecule has 0 spiro atoms. The summed E-state index contributed by atoms with van der Waals surface area (Å²) in [6, 6.07) is 14.3. The molecule has 33 heavy (non-hydrogen) atoms. The molecule has 3 nitrogen and oxygen atoms in total. The van der Waals surface area contributed by atoms with Crippen LogP contribution in [0.1, 0.15) is 49.7 Å². The van der Waals surface area contributed by atoms with Crippen molar-refractivity contribution >= 4 is 61.9 Å². The number of carbonyl (C=O) groups is 1. The van der Waals surface area contributed by atoms with E-state index in [0.29, 0.717) is 14.6 Å². The lowest BCUT2D eigenvalue weighted by molar-refractivity contribution is -0.113. The monoisotopic (exact) mass is 539 g/mol. The predicted octanol–water partition coefficient (Wildman–Crippen LogP) is 7.33. The summed E-state index contributed by atoms with van der Waals surface area (Å²) < 4.78 is 7.23. The van der Waals surface area contributed by atoms with Crippen molar-refractivity contribution in [1.82, 2.24) is 0 Å². The number of anilines is 1. The van der Waals surface area contributed by atoms with Crippen molar-refractivity contribution in [2.75, 3.05) is 12.0 Å². The molecule has 6 heteroatoms. The zero-order valence-corrected chi connectivity index (χ0v) is 21.8. The molecule has 2 aromatic rings. The molecule has 0 N–H and O–H groups in total. The summed E-state index contributed by atoms with van der Waals surface area (Å²) in [7, 11) is 1.70. The van der Waals surface area contributed by atoms with Gasteiger partial charge >= 0.3 is 0 Å². The number of methoxy groups -OCH3 is 1. The zero-order valence-electron chi connectivity index (χ0n) is 18.6. The highest BCUT2D eigenvalue weighted by Gasteiger charge is 2.51. The summed E-state index contributed by atoms with van der Waals surface area (Å²) in [5, 5.41) is 0. The van der Waals surface area contributed by atoms with Gasteiger partial charge in [-0.1, -0.05) is 46.0 Å². The minimum absolute atomic E-state index is 0.0745. The van der Waals surface area contributed by atoms with E-state index in [4.69, 9.17) is 17.0 Å². The minimum Gasteiger partial charge on any atom is -0.496 e. The Morgan fingerprint density at radius 3 is 2.30 bits per heavy atom. The second-order valence-electron chi connectivity index (χ2n) is 10.1. The first kappa shape index (κ1) is 21.9. The maximum absolute atomic E-state index is 13.3. The molecule has 2 aromatic carbocycles. The van der Waals surface area contributed by atoms with Crippen molar-refractivity contribution in [1.29, 1.82) is 0 Å². The van der Waals surface area contributed by atoms with Crippen LogP contribution in [0.5, 0.6) is 5.75 Å². The molecule has 0 unspecified atom stereocenters. The Kier molecular flexibility index (Phi) is 5.46. The van der Waals surface area contributed by atoms with Crippen molar-refractivity contribution in [3.63, 3.8) is 0 Å². The van der Waals surface area contributed by atoms with Crippen LogP contribution in [0, 0.1) is 17.8 Å². The lowest BCUT2D eigenvalue weighted by atomic mass is 9.48. The zero-order chi connectivity index (χ0) is 22.7. The van der Waals surface area contributed by atoms with Gasteiger partial charge in [0.2, 0.25) is 0 Å². The number of amides is 1. The van der Waals surface area contributed by atoms with Crippen LogP contribution in [-0.4, -0.2) is 17.3 Å². The highest BCUT2D eigenvalue weighted by molar-refractivity contribution is 9.10. The van der Waals surface area contributed by atoms with Crippen LogP contribution >= 0.6 is 39.9 Å². The molecule has 1 heterocycles. The second kappa shape index (κ2) is 8.24. The van der Waals surface area contributed by atoms with E-state index in [9.17, 15) is 4.79 Å². The Morgan fingerprint density at radius 2 is 1.70 bits per heavy atom. The Bertz CT molecular complexity index is 1140. The molecular formula is C27H26BrNO2S2. The average molecular weight is 541 g/mol. The van der Waals surface area contributed by atoms with Gasteiger partial charge in [0, 0.05) is 10.0 Å². The van der Waals surface area contributed by atoms with Gasteiger partial charge in [0.05, 0.1) is 17.7 Å². The average Bonchev–Trinajstić information content (AvgIpc) is 3.06. The van der Waals surface area contributed by atoms with Crippen LogP contribution in [0.4, 0.5) is 5.69 Å². The molecule has 7 rings (SSSR count). The fourth-order valence-corrected chi connectivity index (χ4v) is 8.62. The highest BCUT2D eigenvalue weighted by Crippen LogP contribution is 2.61. The van der Waals surface area contributed by atoms with Crippen molar-refractivity contribution in [2.24, 2.45) is 17.8 Å². The number of rotatable bonds is 4. The Labute approximate surface area is 213 Å².